The van der Waals surface area contributed by atoms with Crippen molar-refractivity contribution in [2.75, 3.05) is 11.5 Å². The van der Waals surface area contributed by atoms with Gasteiger partial charge in [-0.1, -0.05) is 28.6 Å². The monoisotopic (exact) mass is 341 g/mol. The van der Waals surface area contributed by atoms with Gasteiger partial charge < -0.3 is 9.84 Å². The number of aryl methyl sites for hydroxylation is 1. The van der Waals surface area contributed by atoms with E-state index < -0.39 is 18.1 Å². The molecule has 0 fully saturated rings. The minimum absolute atomic E-state index is 0.0250. The molecule has 0 saturated carbocycles. The first-order valence-electron chi connectivity index (χ1n) is 5.94. The molecule has 108 valence electrons. The molecule has 1 unspecified atom stereocenters. The Bertz CT molecular complexity index is 530. The highest BCUT2D eigenvalue weighted by atomic mass is 79.9. The molecule has 1 amide bonds. The van der Waals surface area contributed by atoms with Crippen molar-refractivity contribution in [1.82, 2.24) is 0 Å². The minimum atomic E-state index is -1.11. The average molecular weight is 342 g/mol. The Balaban J connectivity index is 3.18. The van der Waals surface area contributed by atoms with E-state index in [0.29, 0.717) is 5.69 Å². The van der Waals surface area contributed by atoms with Gasteiger partial charge in [0.25, 0.3) is 0 Å². The molecule has 0 radical (unpaired) electrons. The number of ether oxygens (including phenoxy) is 1. The SMILES string of the molecule is C=CCOC(=O)N(c1ccc(Br)cc1C)C(C)C(=O)O. The number of amides is 1. The van der Waals surface area contributed by atoms with Crippen molar-refractivity contribution in [2.24, 2.45) is 0 Å². The number of aliphatic carboxylic acids is 1. The zero-order valence-electron chi connectivity index (χ0n) is 11.3. The molecule has 0 bridgehead atoms. The van der Waals surface area contributed by atoms with Gasteiger partial charge in [-0.2, -0.15) is 0 Å². The van der Waals surface area contributed by atoms with E-state index in [1.165, 1.54) is 13.0 Å². The second-order valence-electron chi connectivity index (χ2n) is 4.18. The van der Waals surface area contributed by atoms with Crippen molar-refractivity contribution >= 4 is 33.7 Å². The Morgan fingerprint density at radius 3 is 2.70 bits per heavy atom. The average Bonchev–Trinajstić information content (AvgIpc) is 2.38. The Morgan fingerprint density at radius 1 is 1.55 bits per heavy atom. The van der Waals surface area contributed by atoms with E-state index in [1.807, 2.05) is 0 Å². The Hall–Kier alpha value is -1.82. The van der Waals surface area contributed by atoms with Crippen LogP contribution in [-0.4, -0.2) is 29.8 Å². The summed E-state index contributed by atoms with van der Waals surface area (Å²) in [5.41, 5.74) is 1.26. The second kappa shape index (κ2) is 7.09. The summed E-state index contributed by atoms with van der Waals surface area (Å²) in [7, 11) is 0. The first-order chi connectivity index (χ1) is 9.38. The molecule has 0 saturated heterocycles. The highest BCUT2D eigenvalue weighted by Crippen LogP contribution is 2.26. The smallest absolute Gasteiger partial charge is 0.415 e. The lowest BCUT2D eigenvalue weighted by Crippen LogP contribution is -2.44. The van der Waals surface area contributed by atoms with Gasteiger partial charge in [-0.05, 0) is 37.6 Å². The van der Waals surface area contributed by atoms with Crippen LogP contribution in [0, 0.1) is 6.92 Å². The summed E-state index contributed by atoms with van der Waals surface area (Å²) in [5.74, 6) is -1.11. The summed E-state index contributed by atoms with van der Waals surface area (Å²) < 4.78 is 5.81. The standard InChI is InChI=1S/C14H16BrNO4/c1-4-7-20-14(19)16(10(3)13(17)18)12-6-5-11(15)8-9(12)2/h4-6,8,10H,1,7H2,2-3H3,(H,17,18). The van der Waals surface area contributed by atoms with Crippen molar-refractivity contribution in [1.29, 1.82) is 0 Å². The molecule has 0 spiro atoms. The van der Waals surface area contributed by atoms with E-state index >= 15 is 0 Å². The Labute approximate surface area is 126 Å². The van der Waals surface area contributed by atoms with Crippen LogP contribution in [0.5, 0.6) is 0 Å². The lowest BCUT2D eigenvalue weighted by Gasteiger charge is -2.27. The van der Waals surface area contributed by atoms with Crippen LogP contribution in [0.4, 0.5) is 10.5 Å². The number of nitrogens with zero attached hydrogens (tertiary/aromatic N) is 1. The number of anilines is 1. The van der Waals surface area contributed by atoms with E-state index in [9.17, 15) is 9.59 Å². The third kappa shape index (κ3) is 3.84. The van der Waals surface area contributed by atoms with Gasteiger partial charge in [-0.15, -0.1) is 0 Å². The number of carbonyl (C=O) groups is 2. The molecule has 1 rings (SSSR count). The molecular formula is C14H16BrNO4. The van der Waals surface area contributed by atoms with Crippen molar-refractivity contribution in [2.45, 2.75) is 19.9 Å². The zero-order valence-corrected chi connectivity index (χ0v) is 12.9. The Morgan fingerprint density at radius 2 is 2.20 bits per heavy atom. The molecule has 5 nitrogen and oxygen atoms in total. The van der Waals surface area contributed by atoms with Crippen LogP contribution in [0.3, 0.4) is 0 Å². The lowest BCUT2D eigenvalue weighted by molar-refractivity contribution is -0.138. The number of carboxylic acid groups (broad SMARTS) is 1. The maximum absolute atomic E-state index is 12.1. The third-order valence-corrected chi connectivity index (χ3v) is 3.18. The molecular weight excluding hydrogens is 326 g/mol. The number of hydrogen-bond donors (Lipinski definition) is 1. The van der Waals surface area contributed by atoms with E-state index in [1.54, 1.807) is 25.1 Å². The van der Waals surface area contributed by atoms with Crippen LogP contribution in [0.15, 0.2) is 35.3 Å². The normalized spacial score (nSPS) is 11.6. The molecule has 0 aliphatic carbocycles. The van der Waals surface area contributed by atoms with Crippen LogP contribution >= 0.6 is 15.9 Å². The third-order valence-electron chi connectivity index (χ3n) is 2.68. The molecule has 1 N–H and O–H groups in total. The quantitative estimate of drug-likeness (QED) is 0.834. The van der Waals surface area contributed by atoms with Crippen molar-refractivity contribution < 1.29 is 19.4 Å². The number of benzene rings is 1. The predicted octanol–water partition coefficient (Wildman–Crippen LogP) is 3.36. The molecule has 0 heterocycles. The first kappa shape index (κ1) is 16.2. The zero-order chi connectivity index (χ0) is 15.3. The molecule has 6 heteroatoms. The van der Waals surface area contributed by atoms with E-state index in [4.69, 9.17) is 9.84 Å². The minimum Gasteiger partial charge on any atom is -0.480 e. The maximum atomic E-state index is 12.1. The van der Waals surface area contributed by atoms with Gasteiger partial charge in [0.15, 0.2) is 0 Å². The van der Waals surface area contributed by atoms with Crippen LogP contribution in [-0.2, 0) is 9.53 Å². The van der Waals surface area contributed by atoms with Crippen molar-refractivity contribution in [3.8, 4) is 0 Å². The molecule has 0 aliphatic heterocycles. The fourth-order valence-corrected chi connectivity index (χ4v) is 2.14. The Kier molecular flexibility index (Phi) is 5.76. The van der Waals surface area contributed by atoms with Gasteiger partial charge >= 0.3 is 12.1 Å². The van der Waals surface area contributed by atoms with Gasteiger partial charge in [-0.3, -0.25) is 4.90 Å². The van der Waals surface area contributed by atoms with Gasteiger partial charge in [-0.25, -0.2) is 9.59 Å². The summed E-state index contributed by atoms with van der Waals surface area (Å²) in [6.45, 7) is 6.70. The molecule has 1 aromatic rings. The van der Waals surface area contributed by atoms with Crippen LogP contribution in [0.25, 0.3) is 0 Å². The van der Waals surface area contributed by atoms with Gasteiger partial charge in [0, 0.05) is 4.47 Å². The number of hydrogen-bond acceptors (Lipinski definition) is 3. The summed E-state index contributed by atoms with van der Waals surface area (Å²) in [5, 5.41) is 9.15. The van der Waals surface area contributed by atoms with Gasteiger partial charge in [0.2, 0.25) is 0 Å². The van der Waals surface area contributed by atoms with Gasteiger partial charge in [0.05, 0.1) is 5.69 Å². The number of halogens is 1. The van der Waals surface area contributed by atoms with Crippen molar-refractivity contribution in [3.63, 3.8) is 0 Å². The topological polar surface area (TPSA) is 66.8 Å². The molecule has 0 aromatic heterocycles. The van der Waals surface area contributed by atoms with Crippen LogP contribution < -0.4 is 4.90 Å². The highest BCUT2D eigenvalue weighted by molar-refractivity contribution is 9.10. The number of carbonyl (C=O) groups excluding carboxylic acids is 1. The van der Waals surface area contributed by atoms with E-state index in [0.717, 1.165) is 14.9 Å². The van der Waals surface area contributed by atoms with E-state index in [-0.39, 0.29) is 6.61 Å². The molecule has 0 aliphatic rings. The summed E-state index contributed by atoms with van der Waals surface area (Å²) in [6.07, 6.45) is 0.709. The molecule has 1 atom stereocenters. The molecule has 20 heavy (non-hydrogen) atoms. The summed E-state index contributed by atoms with van der Waals surface area (Å²) in [4.78, 5) is 24.4. The van der Waals surface area contributed by atoms with Crippen LogP contribution in [0.2, 0.25) is 0 Å². The number of carboxylic acids is 1. The largest absolute Gasteiger partial charge is 0.480 e. The lowest BCUT2D eigenvalue weighted by atomic mass is 10.1. The van der Waals surface area contributed by atoms with Crippen molar-refractivity contribution in [3.05, 3.63) is 40.9 Å². The van der Waals surface area contributed by atoms with Gasteiger partial charge in [0.1, 0.15) is 12.6 Å². The predicted molar refractivity (Wildman–Crippen MR) is 80.0 cm³/mol. The maximum Gasteiger partial charge on any atom is 0.415 e. The van der Waals surface area contributed by atoms with E-state index in [2.05, 4.69) is 22.5 Å². The fraction of sp³-hybridized carbons (Fsp3) is 0.286. The fourth-order valence-electron chi connectivity index (χ4n) is 1.66. The second-order valence-corrected chi connectivity index (χ2v) is 5.10. The van der Waals surface area contributed by atoms with Crippen LogP contribution in [0.1, 0.15) is 12.5 Å². The first-order valence-corrected chi connectivity index (χ1v) is 6.73. The summed E-state index contributed by atoms with van der Waals surface area (Å²) >= 11 is 3.33. The number of rotatable bonds is 5. The molecule has 1 aromatic carbocycles. The highest BCUT2D eigenvalue weighted by Gasteiger charge is 2.29. The summed E-state index contributed by atoms with van der Waals surface area (Å²) in [6, 6.07) is 4.18.